The van der Waals surface area contributed by atoms with Gasteiger partial charge in [-0.1, -0.05) is 30.3 Å². The minimum atomic E-state index is -4.63. The van der Waals surface area contributed by atoms with Gasteiger partial charge in [-0.15, -0.1) is 11.3 Å². The molecular weight excluding hydrogens is 487 g/mol. The highest BCUT2D eigenvalue weighted by atomic mass is 32.1. The monoisotopic (exact) mass is 513 g/mol. The van der Waals surface area contributed by atoms with Gasteiger partial charge in [-0.2, -0.15) is 23.5 Å². The molecule has 0 fully saturated rings. The summed E-state index contributed by atoms with van der Waals surface area (Å²) >= 11 is 1.30. The number of thiophene rings is 1. The van der Waals surface area contributed by atoms with E-state index in [0.717, 1.165) is 10.4 Å². The number of carbonyl (C=O) groups excluding carboxylic acids is 1. The average molecular weight is 514 g/mol. The van der Waals surface area contributed by atoms with Crippen molar-refractivity contribution in [3.63, 3.8) is 0 Å². The van der Waals surface area contributed by atoms with E-state index in [4.69, 9.17) is 5.73 Å². The van der Waals surface area contributed by atoms with Crippen LogP contribution in [0.2, 0.25) is 0 Å². The van der Waals surface area contributed by atoms with Crippen LogP contribution in [0.5, 0.6) is 0 Å². The number of nitriles is 1. The first-order chi connectivity index (χ1) is 16.9. The van der Waals surface area contributed by atoms with Gasteiger partial charge < -0.3 is 10.6 Å². The highest BCUT2D eigenvalue weighted by Crippen LogP contribution is 2.44. The fourth-order valence-corrected chi connectivity index (χ4v) is 5.37. The molecular formula is C26H26F3N5OS. The second-order valence-electron chi connectivity index (χ2n) is 9.36. The first kappa shape index (κ1) is 25.7. The number of alkyl halides is 3. The van der Waals surface area contributed by atoms with E-state index in [1.807, 2.05) is 0 Å². The van der Waals surface area contributed by atoms with Crippen molar-refractivity contribution in [1.29, 1.82) is 5.26 Å². The number of fused-ring (bicyclic) bond motifs is 1. The number of aromatic nitrogens is 2. The molecule has 36 heavy (non-hydrogen) atoms. The quantitative estimate of drug-likeness (QED) is 0.470. The Kier molecular flexibility index (Phi) is 6.82. The molecule has 0 aliphatic carbocycles. The predicted molar refractivity (Wildman–Crippen MR) is 132 cm³/mol. The van der Waals surface area contributed by atoms with E-state index in [9.17, 15) is 23.2 Å². The summed E-state index contributed by atoms with van der Waals surface area (Å²) in [6.07, 6.45) is -0.162. The standard InChI is InChI=1S/C26H26F3N5OS/c1-4-34-14-21(24(32-34)26(27,28)29)18-8-6-5-7-17(18)20-13-33(23(35)9-10-25(2,3)31)15-22-19(20)11-16(12-30)36-22/h5-11,14,20H,4,13,15,31H2,1-3H3/b10-9+/t20-/m0/s1. The second kappa shape index (κ2) is 9.56. The van der Waals surface area contributed by atoms with E-state index in [-0.39, 0.29) is 18.0 Å². The van der Waals surface area contributed by atoms with Crippen LogP contribution in [-0.2, 0) is 24.1 Å². The number of hydrogen-bond donors (Lipinski definition) is 1. The number of carbonyl (C=O) groups is 1. The van der Waals surface area contributed by atoms with Crippen LogP contribution in [0.1, 0.15) is 53.3 Å². The lowest BCUT2D eigenvalue weighted by Crippen LogP contribution is -2.38. The minimum Gasteiger partial charge on any atom is -0.333 e. The molecule has 4 rings (SSSR count). The molecule has 188 valence electrons. The summed E-state index contributed by atoms with van der Waals surface area (Å²) in [6, 6.07) is 10.8. The van der Waals surface area contributed by atoms with Crippen LogP contribution >= 0.6 is 11.3 Å². The van der Waals surface area contributed by atoms with Crippen molar-refractivity contribution in [2.24, 2.45) is 5.73 Å². The molecule has 3 heterocycles. The normalized spacial score (nSPS) is 16.3. The maximum Gasteiger partial charge on any atom is 0.435 e. The summed E-state index contributed by atoms with van der Waals surface area (Å²) in [6.45, 7) is 6.14. The smallest absolute Gasteiger partial charge is 0.333 e. The van der Waals surface area contributed by atoms with E-state index in [2.05, 4.69) is 11.2 Å². The summed E-state index contributed by atoms with van der Waals surface area (Å²) in [4.78, 5) is 16.0. The molecule has 2 N–H and O–H groups in total. The van der Waals surface area contributed by atoms with Crippen LogP contribution in [0, 0.1) is 11.3 Å². The van der Waals surface area contributed by atoms with Crippen molar-refractivity contribution in [2.45, 2.75) is 51.5 Å². The third-order valence-electron chi connectivity index (χ3n) is 6.01. The van der Waals surface area contributed by atoms with Crippen molar-refractivity contribution in [1.82, 2.24) is 14.7 Å². The highest BCUT2D eigenvalue weighted by Gasteiger charge is 2.39. The maximum absolute atomic E-state index is 13.9. The van der Waals surface area contributed by atoms with Crippen molar-refractivity contribution in [2.75, 3.05) is 6.54 Å². The van der Waals surface area contributed by atoms with E-state index >= 15 is 0 Å². The molecule has 1 amide bonds. The number of hydrogen-bond acceptors (Lipinski definition) is 5. The van der Waals surface area contributed by atoms with Gasteiger partial charge in [-0.05, 0) is 43.5 Å². The fraction of sp³-hybridized carbons (Fsp3) is 0.346. The van der Waals surface area contributed by atoms with Gasteiger partial charge in [0.25, 0.3) is 0 Å². The number of nitrogens with zero attached hydrogens (tertiary/aromatic N) is 4. The number of halogens is 3. The molecule has 0 radical (unpaired) electrons. The Morgan fingerprint density at radius 3 is 2.64 bits per heavy atom. The van der Waals surface area contributed by atoms with Crippen molar-refractivity contribution < 1.29 is 18.0 Å². The Labute approximate surface area is 211 Å². The van der Waals surface area contributed by atoms with E-state index in [1.54, 1.807) is 62.1 Å². The zero-order chi connectivity index (χ0) is 26.3. The van der Waals surface area contributed by atoms with Crippen LogP contribution in [-0.4, -0.2) is 32.7 Å². The molecule has 0 saturated carbocycles. The maximum atomic E-state index is 13.9. The van der Waals surface area contributed by atoms with Gasteiger partial charge in [0.15, 0.2) is 5.69 Å². The van der Waals surface area contributed by atoms with Gasteiger partial charge in [-0.3, -0.25) is 9.48 Å². The molecule has 1 aliphatic rings. The van der Waals surface area contributed by atoms with Crippen LogP contribution in [0.25, 0.3) is 11.1 Å². The first-order valence-electron chi connectivity index (χ1n) is 11.4. The van der Waals surface area contributed by atoms with E-state index < -0.39 is 23.3 Å². The molecule has 1 aromatic carbocycles. The number of rotatable bonds is 5. The Balaban J connectivity index is 1.84. The third-order valence-corrected chi connectivity index (χ3v) is 7.05. The van der Waals surface area contributed by atoms with Crippen LogP contribution in [0.15, 0.2) is 48.7 Å². The lowest BCUT2D eigenvalue weighted by Gasteiger charge is -2.33. The number of aryl methyl sites for hydroxylation is 1. The molecule has 6 nitrogen and oxygen atoms in total. The van der Waals surface area contributed by atoms with Crippen molar-refractivity contribution in [3.05, 3.63) is 75.3 Å². The Bertz CT molecular complexity index is 1360. The van der Waals surface area contributed by atoms with Crippen LogP contribution in [0.4, 0.5) is 13.2 Å². The van der Waals surface area contributed by atoms with E-state index in [1.165, 1.54) is 28.3 Å². The third kappa shape index (κ3) is 5.22. The lowest BCUT2D eigenvalue weighted by atomic mass is 9.83. The highest BCUT2D eigenvalue weighted by molar-refractivity contribution is 7.12. The topological polar surface area (TPSA) is 87.9 Å². The molecule has 1 aliphatic heterocycles. The van der Waals surface area contributed by atoms with Crippen molar-refractivity contribution in [3.8, 4) is 17.2 Å². The van der Waals surface area contributed by atoms with Gasteiger partial charge in [-0.25, -0.2) is 0 Å². The molecule has 0 saturated heterocycles. The van der Waals surface area contributed by atoms with Gasteiger partial charge >= 0.3 is 6.18 Å². The summed E-state index contributed by atoms with van der Waals surface area (Å²) < 4.78 is 43.0. The molecule has 10 heteroatoms. The van der Waals surface area contributed by atoms with Crippen LogP contribution in [0.3, 0.4) is 0 Å². The summed E-state index contributed by atoms with van der Waals surface area (Å²) in [5.74, 6) is -0.666. The summed E-state index contributed by atoms with van der Waals surface area (Å²) in [5.41, 5.74) is 6.25. The SMILES string of the molecule is CCn1cc(-c2ccccc2[C@@H]2CN(C(=O)/C=C/C(C)(C)N)Cc3sc(C#N)cc32)c(C(F)(F)F)n1. The average Bonchev–Trinajstić information content (AvgIpc) is 3.45. The molecule has 2 aromatic heterocycles. The number of nitrogens with two attached hydrogens (primary N) is 1. The summed E-state index contributed by atoms with van der Waals surface area (Å²) in [5, 5.41) is 13.3. The summed E-state index contributed by atoms with van der Waals surface area (Å²) in [7, 11) is 0. The lowest BCUT2D eigenvalue weighted by molar-refractivity contribution is -0.141. The molecule has 0 bridgehead atoms. The van der Waals surface area contributed by atoms with E-state index in [0.29, 0.717) is 29.1 Å². The van der Waals surface area contributed by atoms with Gasteiger partial charge in [0.05, 0.1) is 6.54 Å². The second-order valence-corrected chi connectivity index (χ2v) is 10.5. The Morgan fingerprint density at radius 1 is 1.28 bits per heavy atom. The largest absolute Gasteiger partial charge is 0.435 e. The van der Waals surface area contributed by atoms with Crippen molar-refractivity contribution >= 4 is 17.2 Å². The Morgan fingerprint density at radius 2 is 2.00 bits per heavy atom. The zero-order valence-corrected chi connectivity index (χ0v) is 21.0. The molecule has 3 aromatic rings. The first-order valence-corrected chi connectivity index (χ1v) is 12.3. The minimum absolute atomic E-state index is 0.00883. The van der Waals surface area contributed by atoms with Crippen LogP contribution < -0.4 is 5.73 Å². The molecule has 0 spiro atoms. The molecule has 1 atom stereocenters. The Hall–Kier alpha value is -3.42. The van der Waals surface area contributed by atoms with Gasteiger partial charge in [0.2, 0.25) is 5.91 Å². The fourth-order valence-electron chi connectivity index (χ4n) is 4.33. The number of amides is 1. The number of benzene rings is 1. The molecule has 0 unspecified atom stereocenters. The van der Waals surface area contributed by atoms with Gasteiger partial charge in [0, 0.05) is 47.3 Å². The predicted octanol–water partition coefficient (Wildman–Crippen LogP) is 5.29. The van der Waals surface area contributed by atoms with Gasteiger partial charge in [0.1, 0.15) is 10.9 Å². The zero-order valence-electron chi connectivity index (χ0n) is 20.1.